The summed E-state index contributed by atoms with van der Waals surface area (Å²) in [4.78, 5) is 4.27. The molecular formula is C12H16O3. The second-order valence-electron chi connectivity index (χ2n) is 3.46. The molecule has 1 N–H and O–H groups in total. The molecular weight excluding hydrogens is 192 g/mol. The Balaban J connectivity index is 2.54. The summed E-state index contributed by atoms with van der Waals surface area (Å²) in [5.41, 5.74) is 1.96. The molecule has 0 spiro atoms. The van der Waals surface area contributed by atoms with Crippen LogP contribution in [0.5, 0.6) is 0 Å². The number of hydrogen-bond acceptors (Lipinski definition) is 3. The monoisotopic (exact) mass is 208 g/mol. The van der Waals surface area contributed by atoms with Gasteiger partial charge in [-0.2, -0.15) is 0 Å². The van der Waals surface area contributed by atoms with Crippen molar-refractivity contribution in [3.05, 3.63) is 47.5 Å². The van der Waals surface area contributed by atoms with Crippen LogP contribution in [0.3, 0.4) is 0 Å². The number of hydrogen-bond donors (Lipinski definition) is 1. The van der Waals surface area contributed by atoms with Gasteiger partial charge in [0, 0.05) is 5.56 Å². The van der Waals surface area contributed by atoms with Crippen molar-refractivity contribution in [1.29, 1.82) is 0 Å². The van der Waals surface area contributed by atoms with Crippen molar-refractivity contribution in [2.45, 2.75) is 20.1 Å². The third-order valence-corrected chi connectivity index (χ3v) is 1.91. The van der Waals surface area contributed by atoms with Crippen molar-refractivity contribution in [2.75, 3.05) is 6.61 Å². The number of rotatable bonds is 5. The average molecular weight is 208 g/mol. The van der Waals surface area contributed by atoms with Crippen LogP contribution in [0.4, 0.5) is 0 Å². The van der Waals surface area contributed by atoms with Gasteiger partial charge in [0.1, 0.15) is 0 Å². The molecule has 0 aliphatic heterocycles. The summed E-state index contributed by atoms with van der Waals surface area (Å²) in [6, 6.07) is 9.30. The molecule has 0 aliphatic rings. The van der Waals surface area contributed by atoms with E-state index >= 15 is 0 Å². The van der Waals surface area contributed by atoms with E-state index in [4.69, 9.17) is 9.99 Å². The van der Waals surface area contributed by atoms with Crippen molar-refractivity contribution in [1.82, 2.24) is 0 Å². The lowest BCUT2D eigenvalue weighted by Gasteiger charge is -2.13. The smallest absolute Gasteiger partial charge is 0.217 e. The summed E-state index contributed by atoms with van der Waals surface area (Å²) >= 11 is 0. The van der Waals surface area contributed by atoms with Gasteiger partial charge in [-0.1, -0.05) is 42.0 Å². The molecule has 0 aliphatic carbocycles. The van der Waals surface area contributed by atoms with E-state index in [1.807, 2.05) is 50.3 Å². The predicted octanol–water partition coefficient (Wildman–Crippen LogP) is 3.16. The Morgan fingerprint density at radius 1 is 1.33 bits per heavy atom. The Hall–Kier alpha value is -1.16. The van der Waals surface area contributed by atoms with Crippen LogP contribution < -0.4 is 0 Å². The molecule has 0 saturated carbocycles. The van der Waals surface area contributed by atoms with Crippen molar-refractivity contribution >= 4 is 0 Å². The minimum atomic E-state index is -0.721. The van der Waals surface area contributed by atoms with Crippen LogP contribution in [0.1, 0.15) is 25.7 Å². The summed E-state index contributed by atoms with van der Waals surface area (Å²) in [6.07, 6.45) is 1.20. The number of ether oxygens (including phenoxy) is 1. The van der Waals surface area contributed by atoms with Crippen LogP contribution in [0.2, 0.25) is 0 Å². The van der Waals surface area contributed by atoms with Crippen molar-refractivity contribution < 1.29 is 14.9 Å². The summed E-state index contributed by atoms with van der Waals surface area (Å²) in [7, 11) is 0. The zero-order chi connectivity index (χ0) is 11.1. The van der Waals surface area contributed by atoms with Crippen LogP contribution in [0, 0.1) is 0 Å². The highest BCUT2D eigenvalue weighted by atomic mass is 17.1. The van der Waals surface area contributed by atoms with Gasteiger partial charge in [0.15, 0.2) is 0 Å². The van der Waals surface area contributed by atoms with Crippen LogP contribution in [0.15, 0.2) is 42.0 Å². The van der Waals surface area contributed by atoms with Crippen LogP contribution in [-0.2, 0) is 9.62 Å². The third-order valence-electron chi connectivity index (χ3n) is 1.91. The number of allylic oxidation sites excluding steroid dienone is 1. The molecule has 1 aromatic carbocycles. The van der Waals surface area contributed by atoms with E-state index in [0.29, 0.717) is 6.61 Å². The number of benzene rings is 1. The molecule has 1 unspecified atom stereocenters. The van der Waals surface area contributed by atoms with Gasteiger partial charge in [-0.15, -0.1) is 0 Å². The minimum Gasteiger partial charge on any atom is -0.342 e. The lowest BCUT2D eigenvalue weighted by atomic mass is 10.2. The predicted molar refractivity (Wildman–Crippen MR) is 58.3 cm³/mol. The third kappa shape index (κ3) is 4.25. The average Bonchev–Trinajstić information content (AvgIpc) is 2.25. The first-order chi connectivity index (χ1) is 7.24. The molecule has 0 saturated heterocycles. The van der Waals surface area contributed by atoms with Gasteiger partial charge in [0.25, 0.3) is 0 Å². The first-order valence-electron chi connectivity index (χ1n) is 4.84. The van der Waals surface area contributed by atoms with Gasteiger partial charge in [-0.3, -0.25) is 0 Å². The van der Waals surface area contributed by atoms with Crippen molar-refractivity contribution in [3.8, 4) is 0 Å². The van der Waals surface area contributed by atoms with E-state index in [1.54, 1.807) is 0 Å². The fraction of sp³-hybridized carbons (Fsp3) is 0.333. The molecule has 82 valence electrons. The van der Waals surface area contributed by atoms with Gasteiger partial charge in [-0.25, -0.2) is 10.1 Å². The highest BCUT2D eigenvalue weighted by Gasteiger charge is 2.10. The van der Waals surface area contributed by atoms with E-state index in [9.17, 15) is 0 Å². The molecule has 0 radical (unpaired) electrons. The Labute approximate surface area is 89.9 Å². The Bertz CT molecular complexity index is 302. The van der Waals surface area contributed by atoms with Gasteiger partial charge >= 0.3 is 0 Å². The van der Waals surface area contributed by atoms with Crippen LogP contribution in [-0.4, -0.2) is 11.9 Å². The van der Waals surface area contributed by atoms with E-state index < -0.39 is 6.29 Å². The Morgan fingerprint density at radius 3 is 2.53 bits per heavy atom. The van der Waals surface area contributed by atoms with Crippen LogP contribution >= 0.6 is 0 Å². The first kappa shape index (κ1) is 11.9. The second-order valence-corrected chi connectivity index (χ2v) is 3.46. The summed E-state index contributed by atoms with van der Waals surface area (Å²) in [5.74, 6) is 0. The van der Waals surface area contributed by atoms with Crippen molar-refractivity contribution in [3.63, 3.8) is 0 Å². The SMILES string of the molecule is CC(C)=CCOC(OO)c1ccccc1. The zero-order valence-corrected chi connectivity index (χ0v) is 9.01. The quantitative estimate of drug-likeness (QED) is 0.349. The van der Waals surface area contributed by atoms with Gasteiger partial charge in [0.05, 0.1) is 6.61 Å². The molecule has 15 heavy (non-hydrogen) atoms. The summed E-state index contributed by atoms with van der Waals surface area (Å²) in [5, 5.41) is 8.70. The molecule has 0 fully saturated rings. The van der Waals surface area contributed by atoms with Crippen molar-refractivity contribution in [2.24, 2.45) is 0 Å². The van der Waals surface area contributed by atoms with E-state index in [2.05, 4.69) is 4.89 Å². The van der Waals surface area contributed by atoms with Crippen LogP contribution in [0.25, 0.3) is 0 Å². The van der Waals surface area contributed by atoms with Gasteiger partial charge < -0.3 is 4.74 Å². The molecule has 0 heterocycles. The standard InChI is InChI=1S/C12H16O3/c1-10(2)8-9-14-12(15-13)11-6-4-3-5-7-11/h3-8,12-13H,9H2,1-2H3. The topological polar surface area (TPSA) is 38.7 Å². The second kappa shape index (κ2) is 6.35. The Kier molecular flexibility index (Phi) is 5.04. The molecule has 0 aromatic heterocycles. The normalized spacial score (nSPS) is 12.2. The maximum atomic E-state index is 8.70. The maximum Gasteiger partial charge on any atom is 0.217 e. The summed E-state index contributed by atoms with van der Waals surface area (Å²) in [6.45, 7) is 4.39. The highest BCUT2D eigenvalue weighted by Crippen LogP contribution is 2.17. The molecule has 0 amide bonds. The van der Waals surface area contributed by atoms with E-state index in [-0.39, 0.29) is 0 Å². The minimum absolute atomic E-state index is 0.419. The molecule has 3 heteroatoms. The summed E-state index contributed by atoms with van der Waals surface area (Å²) < 4.78 is 5.34. The Morgan fingerprint density at radius 2 is 2.00 bits per heavy atom. The molecule has 1 atom stereocenters. The zero-order valence-electron chi connectivity index (χ0n) is 9.01. The first-order valence-corrected chi connectivity index (χ1v) is 4.84. The van der Waals surface area contributed by atoms with E-state index in [1.165, 1.54) is 5.57 Å². The van der Waals surface area contributed by atoms with E-state index in [0.717, 1.165) is 5.56 Å². The highest BCUT2D eigenvalue weighted by molar-refractivity contribution is 5.15. The maximum absolute atomic E-state index is 8.70. The molecule has 1 rings (SSSR count). The fourth-order valence-electron chi connectivity index (χ4n) is 1.10. The van der Waals surface area contributed by atoms with Gasteiger partial charge in [-0.05, 0) is 13.8 Å². The fourth-order valence-corrected chi connectivity index (χ4v) is 1.10. The molecule has 3 nitrogen and oxygen atoms in total. The molecule has 0 bridgehead atoms. The molecule has 1 aromatic rings. The lowest BCUT2D eigenvalue weighted by molar-refractivity contribution is -0.349. The largest absolute Gasteiger partial charge is 0.342 e. The lowest BCUT2D eigenvalue weighted by Crippen LogP contribution is -2.06. The van der Waals surface area contributed by atoms with Gasteiger partial charge in [0.2, 0.25) is 6.29 Å².